The number of alkyl halides is 8. The van der Waals surface area contributed by atoms with Crippen LogP contribution in [-0.2, 0) is 28.0 Å². The Balaban J connectivity index is 0.000000348. The Morgan fingerprint density at radius 1 is 0.676 bits per heavy atom. The Morgan fingerprint density at radius 2 is 1.01 bits per heavy atom. The van der Waals surface area contributed by atoms with E-state index < -0.39 is 78.1 Å². The van der Waals surface area contributed by atoms with E-state index in [0.29, 0.717) is 24.0 Å². The molecule has 2 aliphatic carbocycles. The quantitative estimate of drug-likeness (QED) is 0.0178. The average molecular weight is 1110 g/mol. The van der Waals surface area contributed by atoms with Gasteiger partial charge in [-0.3, -0.25) is 30.8 Å². The van der Waals surface area contributed by atoms with Gasteiger partial charge in [-0.25, -0.2) is 25.1 Å². The molecule has 6 rings (SSSR count). The molecule has 4 aromatic rings. The zero-order chi connectivity index (χ0) is 54.4. The van der Waals surface area contributed by atoms with Crippen molar-refractivity contribution in [2.75, 3.05) is 14.2 Å². The molecular formula is C50H57ClF8N6O7S2. The van der Waals surface area contributed by atoms with Gasteiger partial charge < -0.3 is 22.8 Å². The standard InChI is InChI=1S/C25H27F4N3O3S.C21H23F4NO4S.C4H6N2.ClH/c1-23(2,26)14-20(22(33)32-24(15-30)12-13-24)31-21(25(27,28)29)18-6-4-16(5-7-18)17-8-10-19(11-9-17)36-35-34-3;1-20(2,22)12-17(19(27)28)26-18(21(23,24)25)15-6-4-13(5-7-15)14-8-10-16(11-9-14)31-30-29-3;1-6-4(5)2-3-4;/h4-11,20-21,31H,12-14H2,1-3H3,(H,32,33);4-11,17-18,26H,12H2,1-3H3,(H,27,28);2-3,5H2;1H/t20-,21-;17-,18-;;/m00../s1. The van der Waals surface area contributed by atoms with Crippen molar-refractivity contribution in [2.24, 2.45) is 0 Å². The number of nitriles is 1. The molecule has 0 radical (unpaired) electrons. The van der Waals surface area contributed by atoms with Gasteiger partial charge in [0.2, 0.25) is 5.91 Å². The topological polar surface area (TPSA) is 183 Å². The number of aliphatic carboxylic acids is 1. The first-order valence-corrected chi connectivity index (χ1v) is 23.9. The second-order valence-corrected chi connectivity index (χ2v) is 20.1. The third-order valence-electron chi connectivity index (χ3n) is 11.0. The van der Waals surface area contributed by atoms with E-state index in [2.05, 4.69) is 36.3 Å². The van der Waals surface area contributed by atoms with E-state index in [1.807, 2.05) is 6.07 Å². The summed E-state index contributed by atoms with van der Waals surface area (Å²) >= 11 is 2.04. The number of carbonyl (C=O) groups is 2. The lowest BCUT2D eigenvalue weighted by atomic mass is 9.96. The van der Waals surface area contributed by atoms with Crippen LogP contribution in [0.15, 0.2) is 107 Å². The predicted octanol–water partition coefficient (Wildman–Crippen LogP) is 8.18. The molecule has 0 aromatic heterocycles. The van der Waals surface area contributed by atoms with E-state index in [1.54, 1.807) is 60.7 Å². The van der Waals surface area contributed by atoms with Crippen molar-refractivity contribution in [2.45, 2.75) is 135 Å². The zero-order valence-corrected chi connectivity index (χ0v) is 43.4. The third kappa shape index (κ3) is 20.9. The molecule has 2 saturated carbocycles. The molecule has 2 fully saturated rings. The summed E-state index contributed by atoms with van der Waals surface area (Å²) in [6, 6.07) is 19.8. The summed E-state index contributed by atoms with van der Waals surface area (Å²) in [5.74, 6) is -2.38. The van der Waals surface area contributed by atoms with Crippen molar-refractivity contribution in [3.05, 3.63) is 120 Å². The second-order valence-electron chi connectivity index (χ2n) is 18.5. The SMILES string of the molecule is COOSc1ccc(-c2ccc([C@H](N[C@@H](CC(C)(C)F)C(=O)NC3(C#N)CC3)C(F)(F)F)cc2)cc1.COOSc1ccc(-c2ccc([C@H](N[C@@H](CC(C)(C)F)C(=O)O)C(F)(F)F)cc2)cc1.[C-]#[N+]C1([NH3+])CC1.[Cl-]. The summed E-state index contributed by atoms with van der Waals surface area (Å²) in [7, 11) is 2.76. The minimum absolute atomic E-state index is 0. The van der Waals surface area contributed by atoms with Crippen molar-refractivity contribution in [3.8, 4) is 28.3 Å². The number of carboxylic acid groups (broad SMARTS) is 1. The maximum Gasteiger partial charge on any atom is 0.407 e. The van der Waals surface area contributed by atoms with Gasteiger partial charge in [0.1, 0.15) is 35.0 Å². The van der Waals surface area contributed by atoms with Gasteiger partial charge in [-0.2, -0.15) is 40.3 Å². The van der Waals surface area contributed by atoms with Crippen LogP contribution in [0.25, 0.3) is 27.1 Å². The number of quaternary nitrogens is 1. The number of benzene rings is 4. The van der Waals surface area contributed by atoms with Crippen LogP contribution in [0.5, 0.6) is 0 Å². The number of amides is 1. The van der Waals surface area contributed by atoms with E-state index in [-0.39, 0.29) is 29.2 Å². The molecular weight excluding hydrogens is 1050 g/mol. The molecule has 1 amide bonds. The fraction of sp³-hybridized carbons (Fsp3) is 0.440. The van der Waals surface area contributed by atoms with Gasteiger partial charge in [-0.15, -0.1) is 0 Å². The van der Waals surface area contributed by atoms with Crippen LogP contribution in [-0.4, -0.2) is 78.2 Å². The van der Waals surface area contributed by atoms with Crippen LogP contribution in [0.3, 0.4) is 0 Å². The molecule has 0 heterocycles. The summed E-state index contributed by atoms with van der Waals surface area (Å²) < 4.78 is 121. The molecule has 74 heavy (non-hydrogen) atoms. The Hall–Kier alpha value is -5.05. The van der Waals surface area contributed by atoms with Crippen LogP contribution in [0.1, 0.15) is 89.4 Å². The third-order valence-corrected chi connectivity index (χ3v) is 12.4. The van der Waals surface area contributed by atoms with Crippen molar-refractivity contribution < 1.29 is 86.4 Å². The predicted molar refractivity (Wildman–Crippen MR) is 258 cm³/mol. The van der Waals surface area contributed by atoms with Crippen LogP contribution < -0.4 is 34.1 Å². The summed E-state index contributed by atoms with van der Waals surface area (Å²) in [5, 5.41) is 25.3. The molecule has 0 unspecified atom stereocenters. The van der Waals surface area contributed by atoms with E-state index >= 15 is 0 Å². The number of hydrogen-bond donors (Lipinski definition) is 5. The number of nitrogens with one attached hydrogen (secondary N) is 3. The maximum absolute atomic E-state index is 14.4. The summed E-state index contributed by atoms with van der Waals surface area (Å²) in [6.45, 7) is 11.1. The Labute approximate surface area is 439 Å². The molecule has 2 aliphatic rings. The van der Waals surface area contributed by atoms with E-state index in [0.717, 1.165) is 71.7 Å². The molecule has 4 atom stereocenters. The normalized spacial score (nSPS) is 16.1. The van der Waals surface area contributed by atoms with Gasteiger partial charge in [0.15, 0.2) is 0 Å². The molecule has 404 valence electrons. The average Bonchev–Trinajstić information content (AvgIpc) is 4.27. The molecule has 0 spiro atoms. The Morgan fingerprint density at radius 3 is 1.27 bits per heavy atom. The number of rotatable bonds is 21. The van der Waals surface area contributed by atoms with Gasteiger partial charge in [-0.05, 0) is 98.2 Å². The lowest BCUT2D eigenvalue weighted by molar-refractivity contribution is -0.421. The summed E-state index contributed by atoms with van der Waals surface area (Å²) in [4.78, 5) is 38.0. The molecule has 0 aliphatic heterocycles. The number of halogens is 9. The smallest absolute Gasteiger partial charge is 0.407 e. The number of carboxylic acids is 1. The van der Waals surface area contributed by atoms with Crippen molar-refractivity contribution in [1.29, 1.82) is 5.26 Å². The number of hydrogen-bond acceptors (Lipinski definition) is 11. The Kier molecular flexibility index (Phi) is 23.2. The molecule has 0 bridgehead atoms. The first-order valence-electron chi connectivity index (χ1n) is 22.4. The monoisotopic (exact) mass is 1100 g/mol. The number of carbonyl (C=O) groups excluding carboxylic acids is 1. The van der Waals surface area contributed by atoms with E-state index in [9.17, 15) is 55.1 Å². The van der Waals surface area contributed by atoms with E-state index in [4.69, 9.17) is 15.2 Å². The highest BCUT2D eigenvalue weighted by molar-refractivity contribution is 7.94. The highest BCUT2D eigenvalue weighted by atomic mass is 35.5. The fourth-order valence-electron chi connectivity index (χ4n) is 6.83. The van der Waals surface area contributed by atoms with Crippen LogP contribution in [0, 0.1) is 17.9 Å². The minimum Gasteiger partial charge on any atom is -1.00 e. The Bertz CT molecular complexity index is 2500. The number of nitrogens with zero attached hydrogens (tertiary/aromatic N) is 2. The van der Waals surface area contributed by atoms with Crippen LogP contribution in [0.2, 0.25) is 0 Å². The lowest BCUT2D eigenvalue weighted by Gasteiger charge is -2.30. The molecule has 13 nitrogen and oxygen atoms in total. The van der Waals surface area contributed by atoms with Gasteiger partial charge in [-0.1, -0.05) is 72.8 Å². The van der Waals surface area contributed by atoms with Gasteiger partial charge in [0, 0.05) is 22.6 Å². The maximum atomic E-state index is 14.4. The largest absolute Gasteiger partial charge is 1.00 e. The van der Waals surface area contributed by atoms with Gasteiger partial charge in [0.25, 0.3) is 0 Å². The van der Waals surface area contributed by atoms with Crippen molar-refractivity contribution in [3.63, 3.8) is 0 Å². The van der Waals surface area contributed by atoms with Crippen LogP contribution >= 0.6 is 24.1 Å². The minimum atomic E-state index is -4.77. The molecule has 4 aromatic carbocycles. The summed E-state index contributed by atoms with van der Waals surface area (Å²) in [5.41, 5.74) is 1.15. The van der Waals surface area contributed by atoms with Gasteiger partial charge >= 0.3 is 24.0 Å². The summed E-state index contributed by atoms with van der Waals surface area (Å²) in [6.07, 6.45) is -7.79. The molecule has 0 saturated heterocycles. The van der Waals surface area contributed by atoms with Crippen molar-refractivity contribution in [1.82, 2.24) is 16.0 Å². The molecule has 7 N–H and O–H groups in total. The highest BCUT2D eigenvalue weighted by Crippen LogP contribution is 2.39. The molecule has 24 heteroatoms. The lowest BCUT2D eigenvalue weighted by Crippen LogP contribution is -3.00. The van der Waals surface area contributed by atoms with Crippen molar-refractivity contribution >= 4 is 36.0 Å². The zero-order valence-electron chi connectivity index (χ0n) is 41.0. The van der Waals surface area contributed by atoms with Crippen LogP contribution in [0.4, 0.5) is 35.1 Å². The second kappa shape index (κ2) is 27.1. The fourth-order valence-corrected chi connectivity index (χ4v) is 7.62. The highest BCUT2D eigenvalue weighted by Gasteiger charge is 2.51. The van der Waals surface area contributed by atoms with E-state index in [1.165, 1.54) is 64.5 Å². The van der Waals surface area contributed by atoms with Gasteiger partial charge in [0.05, 0.1) is 63.3 Å². The first kappa shape index (κ1) is 63.2. The first-order chi connectivity index (χ1) is 34.0.